The molecule has 2 aromatic carbocycles. The minimum Gasteiger partial charge on any atom is -0.278 e. The lowest BCUT2D eigenvalue weighted by atomic mass is 10.3. The molecule has 19 heavy (non-hydrogen) atoms. The minimum atomic E-state index is -3.70. The molecule has 0 aliphatic heterocycles. The van der Waals surface area contributed by atoms with Crippen molar-refractivity contribution in [3.05, 3.63) is 57.0 Å². The molecule has 0 bridgehead atoms. The Labute approximate surface area is 129 Å². The molecular formula is C12H8BrCl2NO2S. The van der Waals surface area contributed by atoms with Gasteiger partial charge >= 0.3 is 0 Å². The third-order valence-electron chi connectivity index (χ3n) is 2.32. The van der Waals surface area contributed by atoms with Crippen molar-refractivity contribution >= 4 is 54.8 Å². The van der Waals surface area contributed by atoms with Crippen molar-refractivity contribution in [2.75, 3.05) is 4.72 Å². The summed E-state index contributed by atoms with van der Waals surface area (Å²) in [5.41, 5.74) is 0.329. The fourth-order valence-electron chi connectivity index (χ4n) is 1.39. The first kappa shape index (κ1) is 14.7. The lowest BCUT2D eigenvalue weighted by Gasteiger charge is -2.10. The Morgan fingerprint density at radius 2 is 1.68 bits per heavy atom. The zero-order chi connectivity index (χ0) is 14.0. The number of nitrogens with one attached hydrogen (secondary N) is 1. The molecule has 0 spiro atoms. The van der Waals surface area contributed by atoms with Crippen molar-refractivity contribution in [1.82, 2.24) is 0 Å². The highest BCUT2D eigenvalue weighted by Crippen LogP contribution is 2.28. The molecule has 7 heteroatoms. The van der Waals surface area contributed by atoms with Crippen LogP contribution in [0, 0.1) is 0 Å². The average molecular weight is 381 g/mol. The van der Waals surface area contributed by atoms with Gasteiger partial charge in [0.2, 0.25) is 0 Å². The quantitative estimate of drug-likeness (QED) is 0.848. The Hall–Kier alpha value is -0.750. The van der Waals surface area contributed by atoms with Gasteiger partial charge in [0.1, 0.15) is 0 Å². The molecular weight excluding hydrogens is 373 g/mol. The summed E-state index contributed by atoms with van der Waals surface area (Å²) in [6.07, 6.45) is 0. The van der Waals surface area contributed by atoms with Gasteiger partial charge in [0.25, 0.3) is 10.0 Å². The largest absolute Gasteiger partial charge is 0.278 e. The van der Waals surface area contributed by atoms with E-state index in [1.807, 2.05) is 0 Å². The number of sulfonamides is 1. The summed E-state index contributed by atoms with van der Waals surface area (Å²) in [5.74, 6) is 0. The van der Waals surface area contributed by atoms with Crippen LogP contribution in [0.5, 0.6) is 0 Å². The van der Waals surface area contributed by atoms with Crippen LogP contribution in [0.25, 0.3) is 0 Å². The van der Waals surface area contributed by atoms with Crippen molar-refractivity contribution in [3.63, 3.8) is 0 Å². The molecule has 2 rings (SSSR count). The normalized spacial score (nSPS) is 11.3. The second-order valence-electron chi connectivity index (χ2n) is 3.66. The van der Waals surface area contributed by atoms with Gasteiger partial charge in [-0.3, -0.25) is 4.72 Å². The summed E-state index contributed by atoms with van der Waals surface area (Å²) in [6.45, 7) is 0. The Balaban J connectivity index is 2.38. The number of rotatable bonds is 3. The Morgan fingerprint density at radius 3 is 2.32 bits per heavy atom. The average Bonchev–Trinajstić information content (AvgIpc) is 2.35. The zero-order valence-corrected chi connectivity index (χ0v) is 13.3. The lowest BCUT2D eigenvalue weighted by Crippen LogP contribution is -2.13. The van der Waals surface area contributed by atoms with Crippen molar-refractivity contribution in [3.8, 4) is 0 Å². The fraction of sp³-hybridized carbons (Fsp3) is 0. The van der Waals surface area contributed by atoms with Gasteiger partial charge in [-0.25, -0.2) is 8.42 Å². The Kier molecular flexibility index (Phi) is 4.40. The van der Waals surface area contributed by atoms with E-state index in [9.17, 15) is 8.42 Å². The van der Waals surface area contributed by atoms with Crippen LogP contribution >= 0.6 is 39.1 Å². The molecule has 0 fully saturated rings. The van der Waals surface area contributed by atoms with Crippen molar-refractivity contribution in [2.24, 2.45) is 0 Å². The predicted molar refractivity (Wildman–Crippen MR) is 81.4 cm³/mol. The molecule has 0 aromatic heterocycles. The molecule has 0 saturated heterocycles. The van der Waals surface area contributed by atoms with Crippen LogP contribution in [-0.2, 0) is 10.0 Å². The van der Waals surface area contributed by atoms with E-state index in [0.29, 0.717) is 20.2 Å². The maximum absolute atomic E-state index is 12.2. The molecule has 0 radical (unpaired) electrons. The van der Waals surface area contributed by atoms with Crippen molar-refractivity contribution in [2.45, 2.75) is 4.90 Å². The van der Waals surface area contributed by atoms with Gasteiger partial charge in [-0.15, -0.1) is 0 Å². The van der Waals surface area contributed by atoms with Crippen LogP contribution in [0.15, 0.2) is 51.8 Å². The molecule has 0 saturated carbocycles. The number of benzene rings is 2. The van der Waals surface area contributed by atoms with Gasteiger partial charge in [-0.05, 0) is 46.3 Å². The van der Waals surface area contributed by atoms with Gasteiger partial charge in [0.05, 0.1) is 20.6 Å². The summed E-state index contributed by atoms with van der Waals surface area (Å²) < 4.78 is 27.3. The number of hydrogen-bond donors (Lipinski definition) is 1. The molecule has 3 nitrogen and oxygen atoms in total. The van der Waals surface area contributed by atoms with Gasteiger partial charge in [-0.1, -0.05) is 35.3 Å². The molecule has 0 amide bonds. The molecule has 0 aliphatic rings. The smallest absolute Gasteiger partial charge is 0.261 e. The van der Waals surface area contributed by atoms with Gasteiger partial charge in [0.15, 0.2) is 0 Å². The van der Waals surface area contributed by atoms with E-state index >= 15 is 0 Å². The summed E-state index contributed by atoms with van der Waals surface area (Å²) in [6, 6.07) is 11.0. The second-order valence-corrected chi connectivity index (χ2v) is 7.01. The van der Waals surface area contributed by atoms with Crippen LogP contribution in [0.3, 0.4) is 0 Å². The third kappa shape index (κ3) is 3.42. The maximum Gasteiger partial charge on any atom is 0.261 e. The fourth-order valence-corrected chi connectivity index (χ4v) is 3.38. The molecule has 100 valence electrons. The van der Waals surface area contributed by atoms with E-state index in [4.69, 9.17) is 23.2 Å². The second kappa shape index (κ2) is 5.71. The van der Waals surface area contributed by atoms with Crippen LogP contribution in [0.1, 0.15) is 0 Å². The SMILES string of the molecule is O=S(=O)(Nc1ccccc1Cl)c1ccc(Cl)c(Br)c1. The highest BCUT2D eigenvalue weighted by Gasteiger charge is 2.16. The van der Waals surface area contributed by atoms with Crippen LogP contribution in [0.2, 0.25) is 10.0 Å². The third-order valence-corrected chi connectivity index (χ3v) is 5.23. The highest BCUT2D eigenvalue weighted by atomic mass is 79.9. The van der Waals surface area contributed by atoms with Crippen molar-refractivity contribution < 1.29 is 8.42 Å². The van der Waals surface area contributed by atoms with E-state index in [-0.39, 0.29) is 4.90 Å². The Bertz CT molecular complexity index is 719. The number of hydrogen-bond acceptors (Lipinski definition) is 2. The predicted octanol–water partition coefficient (Wildman–Crippen LogP) is 4.56. The van der Waals surface area contributed by atoms with Gasteiger partial charge in [0, 0.05) is 4.47 Å². The summed E-state index contributed by atoms with van der Waals surface area (Å²) in [7, 11) is -3.70. The maximum atomic E-state index is 12.2. The van der Waals surface area contributed by atoms with E-state index in [1.165, 1.54) is 18.2 Å². The van der Waals surface area contributed by atoms with Gasteiger partial charge in [-0.2, -0.15) is 0 Å². The van der Waals surface area contributed by atoms with Crippen LogP contribution in [-0.4, -0.2) is 8.42 Å². The van der Waals surface area contributed by atoms with E-state index in [0.717, 1.165) is 0 Å². The monoisotopic (exact) mass is 379 g/mol. The molecule has 0 atom stereocenters. The summed E-state index contributed by atoms with van der Waals surface area (Å²) in [5, 5.41) is 0.774. The first-order chi connectivity index (χ1) is 8.90. The van der Waals surface area contributed by atoms with E-state index < -0.39 is 10.0 Å². The van der Waals surface area contributed by atoms with Crippen LogP contribution in [0.4, 0.5) is 5.69 Å². The molecule has 0 aliphatic carbocycles. The molecule has 2 aromatic rings. The van der Waals surface area contributed by atoms with Crippen molar-refractivity contribution in [1.29, 1.82) is 0 Å². The number of para-hydroxylation sites is 1. The first-order valence-electron chi connectivity index (χ1n) is 5.12. The lowest BCUT2D eigenvalue weighted by molar-refractivity contribution is 0.601. The zero-order valence-electron chi connectivity index (χ0n) is 9.40. The standard InChI is InChI=1S/C12H8BrCl2NO2S/c13-9-7-8(5-6-10(9)14)19(17,18)16-12-4-2-1-3-11(12)15/h1-7,16H. The first-order valence-corrected chi connectivity index (χ1v) is 8.16. The number of halogens is 3. The molecule has 0 heterocycles. The minimum absolute atomic E-state index is 0.101. The number of anilines is 1. The molecule has 1 N–H and O–H groups in total. The van der Waals surface area contributed by atoms with E-state index in [1.54, 1.807) is 24.3 Å². The topological polar surface area (TPSA) is 46.2 Å². The summed E-state index contributed by atoms with van der Waals surface area (Å²) in [4.78, 5) is 0.101. The van der Waals surface area contributed by atoms with Crippen LogP contribution < -0.4 is 4.72 Å². The van der Waals surface area contributed by atoms with E-state index in [2.05, 4.69) is 20.7 Å². The Morgan fingerprint density at radius 1 is 1.00 bits per heavy atom. The van der Waals surface area contributed by atoms with Gasteiger partial charge < -0.3 is 0 Å². The highest BCUT2D eigenvalue weighted by molar-refractivity contribution is 9.10. The summed E-state index contributed by atoms with van der Waals surface area (Å²) >= 11 is 14.9. The molecule has 0 unspecified atom stereocenters.